The lowest BCUT2D eigenvalue weighted by Crippen LogP contribution is -2.27. The van der Waals surface area contributed by atoms with E-state index in [0.29, 0.717) is 10.8 Å². The Morgan fingerprint density at radius 3 is 1.51 bits per heavy atom. The quantitative estimate of drug-likeness (QED) is 0.380. The highest BCUT2D eigenvalue weighted by molar-refractivity contribution is 5.12. The second-order valence-electron chi connectivity index (χ2n) is 14.6. The van der Waals surface area contributed by atoms with Gasteiger partial charge in [0.1, 0.15) is 6.26 Å². The van der Waals surface area contributed by atoms with Crippen LogP contribution >= 0.6 is 0 Å². The standard InChI is InChI=1S/C9H18O.C8H16O.C7H12N2.C7H11NO/c1-9(2,3)8-4-6-10-7-5-8;1-8(2,3)7-4-5-9-6-7;1-7(2,3)6-4-5-8-9-6;1-7(2,3)6-4-8-9-5-6/h8H,4-7H2,1-3H3;7H,4-6H2,1-3H3;4-5H,1-3H3,(H,8,9);4-5H,1-3H3. The molecule has 214 valence electrons. The van der Waals surface area contributed by atoms with Crippen LogP contribution in [0.15, 0.2) is 29.2 Å². The lowest BCUT2D eigenvalue weighted by Gasteiger charge is -2.33. The fourth-order valence-electron chi connectivity index (χ4n) is 4.03. The zero-order chi connectivity index (χ0) is 28.3. The van der Waals surface area contributed by atoms with Gasteiger partial charge in [-0.05, 0) is 53.4 Å². The molecule has 2 aliphatic heterocycles. The van der Waals surface area contributed by atoms with Crippen molar-refractivity contribution in [3.8, 4) is 0 Å². The topological polar surface area (TPSA) is 73.2 Å². The van der Waals surface area contributed by atoms with Crippen LogP contribution in [-0.2, 0) is 20.3 Å². The molecule has 6 nitrogen and oxygen atoms in total. The number of nitrogens with one attached hydrogen (secondary N) is 1. The molecule has 4 heterocycles. The van der Waals surface area contributed by atoms with E-state index in [9.17, 15) is 0 Å². The number of aromatic nitrogens is 3. The molecule has 37 heavy (non-hydrogen) atoms. The molecule has 2 fully saturated rings. The van der Waals surface area contributed by atoms with Gasteiger partial charge in [0, 0.05) is 49.3 Å². The molecule has 1 N–H and O–H groups in total. The van der Waals surface area contributed by atoms with Crippen LogP contribution in [-0.4, -0.2) is 41.8 Å². The molecule has 2 aromatic heterocycles. The van der Waals surface area contributed by atoms with E-state index < -0.39 is 0 Å². The van der Waals surface area contributed by atoms with Crippen molar-refractivity contribution in [1.29, 1.82) is 0 Å². The zero-order valence-corrected chi connectivity index (χ0v) is 26.0. The van der Waals surface area contributed by atoms with Crippen LogP contribution < -0.4 is 0 Å². The van der Waals surface area contributed by atoms with Crippen molar-refractivity contribution < 1.29 is 14.0 Å². The Balaban J connectivity index is 0.000000247. The SMILES string of the molecule is CC(C)(C)C1CCOC1.CC(C)(C)C1CCOCC1.CC(C)(C)c1ccn[nH]1.CC(C)(C)c1cnoc1. The average Bonchev–Trinajstić information content (AvgIpc) is 3.58. The highest BCUT2D eigenvalue weighted by Gasteiger charge is 2.28. The summed E-state index contributed by atoms with van der Waals surface area (Å²) in [5.41, 5.74) is 3.64. The van der Waals surface area contributed by atoms with Crippen LogP contribution in [0.1, 0.15) is 114 Å². The number of hydrogen-bond acceptors (Lipinski definition) is 5. The Morgan fingerprint density at radius 2 is 1.27 bits per heavy atom. The van der Waals surface area contributed by atoms with Crippen molar-refractivity contribution in [1.82, 2.24) is 15.4 Å². The van der Waals surface area contributed by atoms with Gasteiger partial charge in [-0.2, -0.15) is 5.10 Å². The van der Waals surface area contributed by atoms with Crippen LogP contribution in [0.5, 0.6) is 0 Å². The molecule has 2 aromatic rings. The molecule has 0 aliphatic carbocycles. The average molecular weight is 520 g/mol. The van der Waals surface area contributed by atoms with Gasteiger partial charge in [0.05, 0.1) is 6.20 Å². The minimum atomic E-state index is 0.167. The molecule has 2 aliphatic rings. The fraction of sp³-hybridized carbons (Fsp3) is 0.806. The first-order valence-corrected chi connectivity index (χ1v) is 14.0. The van der Waals surface area contributed by atoms with Gasteiger partial charge in [-0.1, -0.05) is 88.2 Å². The lowest BCUT2D eigenvalue weighted by molar-refractivity contribution is 0.0286. The molecule has 1 unspecified atom stereocenters. The third-order valence-electron chi connectivity index (χ3n) is 7.21. The summed E-state index contributed by atoms with van der Waals surface area (Å²) >= 11 is 0. The van der Waals surface area contributed by atoms with Gasteiger partial charge in [-0.25, -0.2) is 0 Å². The van der Waals surface area contributed by atoms with E-state index >= 15 is 0 Å². The molecule has 0 amide bonds. The maximum Gasteiger partial charge on any atom is 0.127 e. The fourth-order valence-corrected chi connectivity index (χ4v) is 4.03. The van der Waals surface area contributed by atoms with Crippen molar-refractivity contribution in [2.24, 2.45) is 22.7 Å². The first kappa shape index (κ1) is 33.4. The number of H-pyrrole nitrogens is 1. The normalized spacial score (nSPS) is 19.1. The monoisotopic (exact) mass is 519 g/mol. The van der Waals surface area contributed by atoms with E-state index in [2.05, 4.69) is 98.4 Å². The van der Waals surface area contributed by atoms with Gasteiger partial charge in [0.15, 0.2) is 0 Å². The number of ether oxygens (including phenoxy) is 2. The van der Waals surface area contributed by atoms with Crippen molar-refractivity contribution in [2.45, 2.75) is 113 Å². The molecule has 6 heteroatoms. The third kappa shape index (κ3) is 13.6. The summed E-state index contributed by atoms with van der Waals surface area (Å²) in [5.74, 6) is 1.67. The Morgan fingerprint density at radius 1 is 0.730 bits per heavy atom. The lowest BCUT2D eigenvalue weighted by atomic mass is 9.76. The molecule has 0 saturated carbocycles. The van der Waals surface area contributed by atoms with E-state index in [0.717, 1.165) is 43.8 Å². The van der Waals surface area contributed by atoms with Crippen LogP contribution in [0.25, 0.3) is 0 Å². The number of aromatic amines is 1. The number of rotatable bonds is 0. The van der Waals surface area contributed by atoms with Crippen LogP contribution in [0.4, 0.5) is 0 Å². The Bertz CT molecular complexity index is 761. The van der Waals surface area contributed by atoms with Gasteiger partial charge >= 0.3 is 0 Å². The van der Waals surface area contributed by atoms with Crippen molar-refractivity contribution >= 4 is 0 Å². The summed E-state index contributed by atoms with van der Waals surface area (Å²) in [4.78, 5) is 0. The molecule has 2 saturated heterocycles. The summed E-state index contributed by atoms with van der Waals surface area (Å²) in [6, 6.07) is 2.00. The first-order valence-electron chi connectivity index (χ1n) is 14.0. The predicted octanol–water partition coefficient (Wildman–Crippen LogP) is 8.21. The Kier molecular flexibility index (Phi) is 13.1. The predicted molar refractivity (Wildman–Crippen MR) is 154 cm³/mol. The highest BCUT2D eigenvalue weighted by atomic mass is 16.5. The summed E-state index contributed by atoms with van der Waals surface area (Å²) < 4.78 is 15.3. The summed E-state index contributed by atoms with van der Waals surface area (Å²) in [7, 11) is 0. The molecule has 4 rings (SSSR count). The molecule has 0 aromatic carbocycles. The minimum Gasteiger partial charge on any atom is -0.381 e. The maximum absolute atomic E-state index is 5.29. The zero-order valence-electron chi connectivity index (χ0n) is 26.0. The molecular weight excluding hydrogens is 462 g/mol. The van der Waals surface area contributed by atoms with E-state index in [1.807, 2.05) is 6.07 Å². The Labute approximate surface area is 227 Å². The second kappa shape index (κ2) is 14.5. The molecule has 0 radical (unpaired) electrons. The summed E-state index contributed by atoms with van der Waals surface area (Å²) in [5, 5.41) is 10.4. The van der Waals surface area contributed by atoms with Gasteiger partial charge in [-0.15, -0.1) is 0 Å². The van der Waals surface area contributed by atoms with Crippen LogP contribution in [0.3, 0.4) is 0 Å². The Hall–Kier alpha value is -1.66. The first-order chi connectivity index (χ1) is 16.9. The number of nitrogens with zero attached hydrogens (tertiary/aromatic N) is 2. The van der Waals surface area contributed by atoms with Gasteiger partial charge in [0.25, 0.3) is 0 Å². The van der Waals surface area contributed by atoms with E-state index in [-0.39, 0.29) is 10.8 Å². The minimum absolute atomic E-state index is 0.167. The smallest absolute Gasteiger partial charge is 0.127 e. The molecule has 1 atom stereocenters. The van der Waals surface area contributed by atoms with Crippen molar-refractivity contribution in [2.75, 3.05) is 26.4 Å². The maximum atomic E-state index is 5.29. The molecular formula is C31H57N3O3. The van der Waals surface area contributed by atoms with Crippen molar-refractivity contribution in [3.63, 3.8) is 0 Å². The molecule has 0 bridgehead atoms. The highest BCUT2D eigenvalue weighted by Crippen LogP contribution is 2.33. The number of hydrogen-bond donors (Lipinski definition) is 1. The summed E-state index contributed by atoms with van der Waals surface area (Å²) in [6.45, 7) is 30.6. The largest absolute Gasteiger partial charge is 0.381 e. The van der Waals surface area contributed by atoms with E-state index in [1.165, 1.54) is 25.0 Å². The van der Waals surface area contributed by atoms with Gasteiger partial charge < -0.3 is 14.0 Å². The van der Waals surface area contributed by atoms with E-state index in [1.54, 1.807) is 18.7 Å². The van der Waals surface area contributed by atoms with Gasteiger partial charge in [0.2, 0.25) is 0 Å². The van der Waals surface area contributed by atoms with Crippen molar-refractivity contribution in [3.05, 3.63) is 36.0 Å². The molecule has 0 spiro atoms. The summed E-state index contributed by atoms with van der Waals surface area (Å²) in [6.07, 6.45) is 8.97. The second-order valence-corrected chi connectivity index (χ2v) is 14.6. The van der Waals surface area contributed by atoms with Gasteiger partial charge in [-0.3, -0.25) is 5.10 Å². The van der Waals surface area contributed by atoms with Crippen LogP contribution in [0.2, 0.25) is 0 Å². The third-order valence-corrected chi connectivity index (χ3v) is 7.21. The van der Waals surface area contributed by atoms with Crippen LogP contribution in [0, 0.1) is 22.7 Å². The van der Waals surface area contributed by atoms with E-state index in [4.69, 9.17) is 14.0 Å².